The molecule has 0 amide bonds. The van der Waals surface area contributed by atoms with Crippen LogP contribution < -0.4 is 0 Å². The number of benzene rings is 1. The lowest BCUT2D eigenvalue weighted by molar-refractivity contribution is -0.118. The third-order valence-corrected chi connectivity index (χ3v) is 2.69. The number of hydrogen-bond donors (Lipinski definition) is 0. The molecule has 1 atom stereocenters. The number of carbonyl (C=O) groups is 1. The van der Waals surface area contributed by atoms with Gasteiger partial charge in [-0.3, -0.25) is 4.79 Å². The topological polar surface area (TPSA) is 17.1 Å². The Kier molecular flexibility index (Phi) is 4.90. The molecule has 1 unspecified atom stereocenters. The van der Waals surface area contributed by atoms with Crippen LogP contribution >= 0.6 is 0 Å². The Morgan fingerprint density at radius 1 is 1.38 bits per heavy atom. The van der Waals surface area contributed by atoms with Gasteiger partial charge in [-0.2, -0.15) is 0 Å². The van der Waals surface area contributed by atoms with E-state index in [-0.39, 0.29) is 17.5 Å². The van der Waals surface area contributed by atoms with Crippen LogP contribution in [0.15, 0.2) is 42.7 Å². The van der Waals surface area contributed by atoms with E-state index in [0.29, 0.717) is 19.3 Å². The van der Waals surface area contributed by atoms with Crippen molar-refractivity contribution in [3.8, 4) is 0 Å². The number of carbonyl (C=O) groups excluding carboxylic acids is 1. The van der Waals surface area contributed by atoms with Crippen LogP contribution in [0.4, 0.5) is 4.39 Å². The summed E-state index contributed by atoms with van der Waals surface area (Å²) in [5.74, 6) is -0.547. The Bertz CT molecular complexity index is 356. The molecular weight excluding hydrogens is 203 g/mol. The summed E-state index contributed by atoms with van der Waals surface area (Å²) in [6, 6.07) is 9.36. The molecule has 1 nitrogen and oxygen atoms in total. The van der Waals surface area contributed by atoms with Gasteiger partial charge in [0, 0.05) is 18.8 Å². The average molecular weight is 220 g/mol. The van der Waals surface area contributed by atoms with E-state index in [9.17, 15) is 9.18 Å². The van der Waals surface area contributed by atoms with Crippen LogP contribution in [0.25, 0.3) is 0 Å². The molecule has 0 radical (unpaired) electrons. The van der Waals surface area contributed by atoms with Crippen LogP contribution in [-0.4, -0.2) is 5.78 Å². The number of halogens is 1. The van der Waals surface area contributed by atoms with Gasteiger partial charge in [0.15, 0.2) is 0 Å². The highest BCUT2D eigenvalue weighted by Crippen LogP contribution is 2.28. The third-order valence-electron chi connectivity index (χ3n) is 2.69. The summed E-state index contributed by atoms with van der Waals surface area (Å²) in [5, 5.41) is 0. The fraction of sp³-hybridized carbons (Fsp3) is 0.357. The van der Waals surface area contributed by atoms with Crippen molar-refractivity contribution >= 4 is 5.78 Å². The van der Waals surface area contributed by atoms with Gasteiger partial charge in [0.2, 0.25) is 0 Å². The minimum atomic E-state index is -0.366. The normalized spacial score (nSPS) is 12.1. The monoisotopic (exact) mass is 220 g/mol. The molecule has 86 valence electrons. The van der Waals surface area contributed by atoms with Gasteiger partial charge in [-0.25, -0.2) is 4.39 Å². The lowest BCUT2D eigenvalue weighted by Crippen LogP contribution is -2.03. The minimum Gasteiger partial charge on any atom is -0.300 e. The number of allylic oxidation sites excluding steroid dienone is 1. The summed E-state index contributed by atoms with van der Waals surface area (Å²) in [6.07, 6.45) is 1.44. The quantitative estimate of drug-likeness (QED) is 0.707. The molecule has 0 aliphatic rings. The average Bonchev–Trinajstić information content (AvgIpc) is 2.30. The van der Waals surface area contributed by atoms with E-state index in [0.717, 1.165) is 5.56 Å². The van der Waals surface area contributed by atoms with Crippen LogP contribution in [0, 0.1) is 0 Å². The summed E-state index contributed by atoms with van der Waals surface area (Å²) in [5.41, 5.74) is 0.888. The number of Topliss-reactive ketones (excluding diaryl/α,β-unsaturated/α-hetero) is 1. The van der Waals surface area contributed by atoms with Gasteiger partial charge >= 0.3 is 0 Å². The summed E-state index contributed by atoms with van der Waals surface area (Å²) in [7, 11) is 0. The maximum Gasteiger partial charge on any atom is 0.132 e. The van der Waals surface area contributed by atoms with Crippen molar-refractivity contribution in [2.24, 2.45) is 0 Å². The molecule has 1 aromatic rings. The molecule has 0 saturated carbocycles. The molecule has 0 N–H and O–H groups in total. The molecule has 2 heteroatoms. The molecule has 0 aromatic heterocycles. The Morgan fingerprint density at radius 3 is 2.50 bits per heavy atom. The van der Waals surface area contributed by atoms with Crippen LogP contribution in [0.1, 0.15) is 37.7 Å². The van der Waals surface area contributed by atoms with Gasteiger partial charge in [0.25, 0.3) is 0 Å². The van der Waals surface area contributed by atoms with Gasteiger partial charge < -0.3 is 0 Å². The zero-order valence-corrected chi connectivity index (χ0v) is 9.58. The second kappa shape index (κ2) is 6.21. The largest absolute Gasteiger partial charge is 0.300 e. The standard InChI is InChI=1S/C14H17FO/c1-3-13(16)9-10-14(11(2)15)12-7-5-4-6-8-12/h4-8,14H,2-3,9-10H2,1H3. The van der Waals surface area contributed by atoms with Crippen LogP contribution in [0.2, 0.25) is 0 Å². The highest BCUT2D eigenvalue weighted by Gasteiger charge is 2.16. The van der Waals surface area contributed by atoms with Gasteiger partial charge in [0.05, 0.1) is 0 Å². The van der Waals surface area contributed by atoms with Crippen molar-refractivity contribution in [1.29, 1.82) is 0 Å². The first kappa shape index (κ1) is 12.6. The van der Waals surface area contributed by atoms with E-state index < -0.39 is 0 Å². The molecule has 0 spiro atoms. The molecular formula is C14H17FO. The summed E-state index contributed by atoms with van der Waals surface area (Å²) in [6.45, 7) is 5.18. The van der Waals surface area contributed by atoms with Crippen molar-refractivity contribution in [3.05, 3.63) is 48.3 Å². The fourth-order valence-electron chi connectivity index (χ4n) is 1.67. The zero-order valence-electron chi connectivity index (χ0n) is 9.58. The van der Waals surface area contributed by atoms with Crippen LogP contribution in [0.3, 0.4) is 0 Å². The van der Waals surface area contributed by atoms with Gasteiger partial charge in [0.1, 0.15) is 11.6 Å². The van der Waals surface area contributed by atoms with Crippen molar-refractivity contribution in [2.75, 3.05) is 0 Å². The second-order valence-corrected chi connectivity index (χ2v) is 3.84. The van der Waals surface area contributed by atoms with Crippen molar-refractivity contribution in [3.63, 3.8) is 0 Å². The fourth-order valence-corrected chi connectivity index (χ4v) is 1.67. The first-order chi connectivity index (χ1) is 7.65. The molecule has 16 heavy (non-hydrogen) atoms. The van der Waals surface area contributed by atoms with E-state index in [1.165, 1.54) is 0 Å². The maximum absolute atomic E-state index is 13.3. The Balaban J connectivity index is 2.69. The van der Waals surface area contributed by atoms with E-state index >= 15 is 0 Å². The first-order valence-electron chi connectivity index (χ1n) is 5.56. The Labute approximate surface area is 96.0 Å². The lowest BCUT2D eigenvalue weighted by atomic mass is 9.92. The van der Waals surface area contributed by atoms with E-state index in [1.807, 2.05) is 37.3 Å². The molecule has 0 heterocycles. The molecule has 1 rings (SSSR count). The molecule has 0 fully saturated rings. The molecule has 0 aliphatic carbocycles. The number of ketones is 1. The van der Waals surface area contributed by atoms with Gasteiger partial charge in [-0.05, 0) is 12.0 Å². The van der Waals surface area contributed by atoms with Crippen LogP contribution in [0.5, 0.6) is 0 Å². The predicted molar refractivity (Wildman–Crippen MR) is 64.0 cm³/mol. The smallest absolute Gasteiger partial charge is 0.132 e. The second-order valence-electron chi connectivity index (χ2n) is 3.84. The third kappa shape index (κ3) is 3.61. The number of rotatable bonds is 6. The molecule has 0 bridgehead atoms. The number of hydrogen-bond acceptors (Lipinski definition) is 1. The predicted octanol–water partition coefficient (Wildman–Crippen LogP) is 4.01. The van der Waals surface area contributed by atoms with Crippen LogP contribution in [-0.2, 0) is 4.79 Å². The SMILES string of the molecule is C=C(F)C(CCC(=O)CC)c1ccccc1. The van der Waals surface area contributed by atoms with Crippen molar-refractivity contribution < 1.29 is 9.18 Å². The summed E-state index contributed by atoms with van der Waals surface area (Å²) in [4.78, 5) is 11.2. The first-order valence-corrected chi connectivity index (χ1v) is 5.56. The zero-order chi connectivity index (χ0) is 12.0. The van der Waals surface area contributed by atoms with E-state index in [4.69, 9.17) is 0 Å². The molecule has 0 saturated heterocycles. The highest BCUT2D eigenvalue weighted by molar-refractivity contribution is 5.78. The van der Waals surface area contributed by atoms with E-state index in [2.05, 4.69) is 6.58 Å². The maximum atomic E-state index is 13.3. The molecule has 1 aromatic carbocycles. The molecule has 0 aliphatic heterocycles. The van der Waals surface area contributed by atoms with E-state index in [1.54, 1.807) is 0 Å². The minimum absolute atomic E-state index is 0.169. The van der Waals surface area contributed by atoms with Crippen molar-refractivity contribution in [2.45, 2.75) is 32.1 Å². The van der Waals surface area contributed by atoms with Crippen molar-refractivity contribution in [1.82, 2.24) is 0 Å². The summed E-state index contributed by atoms with van der Waals surface area (Å²) < 4.78 is 13.3. The summed E-state index contributed by atoms with van der Waals surface area (Å²) >= 11 is 0. The Hall–Kier alpha value is -1.44. The lowest BCUT2D eigenvalue weighted by Gasteiger charge is -2.14. The Morgan fingerprint density at radius 2 is 2.00 bits per heavy atom. The van der Waals surface area contributed by atoms with Gasteiger partial charge in [-0.1, -0.05) is 43.8 Å². The highest BCUT2D eigenvalue weighted by atomic mass is 19.1. The van der Waals surface area contributed by atoms with Gasteiger partial charge in [-0.15, -0.1) is 0 Å².